The van der Waals surface area contributed by atoms with Crippen LogP contribution in [0.2, 0.25) is 0 Å². The molecule has 0 heterocycles. The predicted octanol–water partition coefficient (Wildman–Crippen LogP) is 4.24. The standard InChI is InChI=1S/C13H10Br2FNOS/c14-9-1-3-12(16)8(5-9)7-19(18)13-4-2-10(17)6-11(13)15/h1-6H,7,17H2. The van der Waals surface area contributed by atoms with Crippen LogP contribution in [0.5, 0.6) is 0 Å². The summed E-state index contributed by atoms with van der Waals surface area (Å²) >= 11 is 6.59. The minimum Gasteiger partial charge on any atom is -0.399 e. The number of nitrogen functional groups attached to an aromatic ring is 1. The first-order valence-corrected chi connectivity index (χ1v) is 8.25. The molecule has 6 heteroatoms. The lowest BCUT2D eigenvalue weighted by Gasteiger charge is -2.07. The first-order valence-electron chi connectivity index (χ1n) is 5.34. The van der Waals surface area contributed by atoms with Crippen molar-refractivity contribution in [1.82, 2.24) is 0 Å². The van der Waals surface area contributed by atoms with Crippen molar-refractivity contribution in [2.75, 3.05) is 5.73 Å². The Labute approximate surface area is 129 Å². The summed E-state index contributed by atoms with van der Waals surface area (Å²) in [5, 5.41) is 0. The average molecular weight is 407 g/mol. The molecule has 0 amide bonds. The lowest BCUT2D eigenvalue weighted by Crippen LogP contribution is -2.00. The van der Waals surface area contributed by atoms with Crippen molar-refractivity contribution in [3.63, 3.8) is 0 Å². The molecule has 2 aromatic rings. The van der Waals surface area contributed by atoms with Gasteiger partial charge in [-0.2, -0.15) is 0 Å². The third-order valence-electron chi connectivity index (χ3n) is 2.50. The lowest BCUT2D eigenvalue weighted by molar-refractivity contribution is 0.615. The van der Waals surface area contributed by atoms with Gasteiger partial charge < -0.3 is 5.73 Å². The van der Waals surface area contributed by atoms with Crippen LogP contribution < -0.4 is 5.73 Å². The molecule has 2 aromatic carbocycles. The SMILES string of the molecule is Nc1ccc(S(=O)Cc2cc(Br)ccc2F)c(Br)c1. The van der Waals surface area contributed by atoms with Crippen molar-refractivity contribution in [3.8, 4) is 0 Å². The van der Waals surface area contributed by atoms with Gasteiger partial charge in [-0.15, -0.1) is 0 Å². The molecular weight excluding hydrogens is 397 g/mol. The third kappa shape index (κ3) is 3.64. The van der Waals surface area contributed by atoms with Crippen molar-refractivity contribution in [2.24, 2.45) is 0 Å². The molecule has 19 heavy (non-hydrogen) atoms. The molecule has 0 aliphatic heterocycles. The zero-order chi connectivity index (χ0) is 14.0. The van der Waals surface area contributed by atoms with E-state index >= 15 is 0 Å². The fourth-order valence-corrected chi connectivity index (χ4v) is 4.08. The van der Waals surface area contributed by atoms with E-state index in [4.69, 9.17) is 5.73 Å². The number of halogens is 3. The summed E-state index contributed by atoms with van der Waals surface area (Å²) in [6, 6.07) is 9.65. The summed E-state index contributed by atoms with van der Waals surface area (Å²) < 4.78 is 27.3. The first-order chi connectivity index (χ1) is 8.97. The number of benzene rings is 2. The average Bonchev–Trinajstić information content (AvgIpc) is 2.33. The molecule has 0 saturated heterocycles. The summed E-state index contributed by atoms with van der Waals surface area (Å²) in [7, 11) is -1.34. The van der Waals surface area contributed by atoms with Crippen LogP contribution in [0.4, 0.5) is 10.1 Å². The maximum atomic E-state index is 13.6. The van der Waals surface area contributed by atoms with Crippen LogP contribution in [0, 0.1) is 5.82 Å². The Morgan fingerprint density at radius 1 is 1.16 bits per heavy atom. The normalized spacial score (nSPS) is 12.4. The molecule has 100 valence electrons. The van der Waals surface area contributed by atoms with Gasteiger partial charge in [-0.1, -0.05) is 15.9 Å². The lowest BCUT2D eigenvalue weighted by atomic mass is 10.2. The van der Waals surface area contributed by atoms with E-state index in [1.165, 1.54) is 6.07 Å². The van der Waals surface area contributed by atoms with Crippen molar-refractivity contribution in [1.29, 1.82) is 0 Å². The van der Waals surface area contributed by atoms with Gasteiger partial charge in [-0.3, -0.25) is 4.21 Å². The molecule has 2 N–H and O–H groups in total. The molecule has 2 rings (SSSR count). The Bertz CT molecular complexity index is 649. The van der Waals surface area contributed by atoms with Gasteiger partial charge in [0.25, 0.3) is 0 Å². The van der Waals surface area contributed by atoms with Crippen molar-refractivity contribution in [2.45, 2.75) is 10.6 Å². The maximum absolute atomic E-state index is 13.6. The van der Waals surface area contributed by atoms with E-state index in [0.717, 1.165) is 4.47 Å². The van der Waals surface area contributed by atoms with Crippen LogP contribution in [0.15, 0.2) is 50.2 Å². The van der Waals surface area contributed by atoms with Crippen molar-refractivity contribution in [3.05, 3.63) is 56.7 Å². The maximum Gasteiger partial charge on any atom is 0.127 e. The molecule has 0 aliphatic rings. The number of hydrogen-bond donors (Lipinski definition) is 1. The predicted molar refractivity (Wildman–Crippen MR) is 82.8 cm³/mol. The van der Waals surface area contributed by atoms with E-state index in [0.29, 0.717) is 20.6 Å². The summed E-state index contributed by atoms with van der Waals surface area (Å²) in [6.45, 7) is 0. The Morgan fingerprint density at radius 2 is 1.89 bits per heavy atom. The highest BCUT2D eigenvalue weighted by Crippen LogP contribution is 2.26. The molecule has 0 aliphatic carbocycles. The Hall–Kier alpha value is -0.720. The number of hydrogen-bond acceptors (Lipinski definition) is 2. The van der Waals surface area contributed by atoms with E-state index < -0.39 is 10.8 Å². The van der Waals surface area contributed by atoms with E-state index in [1.54, 1.807) is 30.3 Å². The molecule has 0 radical (unpaired) electrons. The second-order valence-corrected chi connectivity index (χ2v) is 7.11. The smallest absolute Gasteiger partial charge is 0.127 e. The minimum atomic E-state index is -1.34. The topological polar surface area (TPSA) is 43.1 Å². The van der Waals surface area contributed by atoms with Crippen LogP contribution >= 0.6 is 31.9 Å². The highest BCUT2D eigenvalue weighted by atomic mass is 79.9. The quantitative estimate of drug-likeness (QED) is 0.774. The Balaban J connectivity index is 2.28. The highest BCUT2D eigenvalue weighted by molar-refractivity contribution is 9.10. The molecule has 1 unspecified atom stereocenters. The van der Waals surface area contributed by atoms with E-state index in [2.05, 4.69) is 31.9 Å². The van der Waals surface area contributed by atoms with Crippen LogP contribution in [-0.4, -0.2) is 4.21 Å². The summed E-state index contributed by atoms with van der Waals surface area (Å²) in [5.41, 5.74) is 6.63. The molecule has 0 bridgehead atoms. The molecule has 0 fully saturated rings. The second-order valence-electron chi connectivity index (χ2n) is 3.92. The van der Waals surface area contributed by atoms with Crippen molar-refractivity contribution < 1.29 is 8.60 Å². The van der Waals surface area contributed by atoms with Gasteiger partial charge in [0.15, 0.2) is 0 Å². The molecular formula is C13H10Br2FNOS. The highest BCUT2D eigenvalue weighted by Gasteiger charge is 2.12. The third-order valence-corrected chi connectivity index (χ3v) is 5.33. The fourth-order valence-electron chi connectivity index (χ4n) is 1.57. The first kappa shape index (κ1) is 14.7. The number of nitrogens with two attached hydrogens (primary N) is 1. The van der Waals surface area contributed by atoms with Gasteiger partial charge in [0.2, 0.25) is 0 Å². The summed E-state index contributed by atoms with van der Waals surface area (Å²) in [4.78, 5) is 0.605. The Kier molecular flexibility index (Phi) is 4.76. The molecule has 2 nitrogen and oxygen atoms in total. The van der Waals surface area contributed by atoms with E-state index in [9.17, 15) is 8.60 Å². The second kappa shape index (κ2) is 6.15. The number of anilines is 1. The number of rotatable bonds is 3. The van der Waals surface area contributed by atoms with E-state index in [-0.39, 0.29) is 11.6 Å². The van der Waals surface area contributed by atoms with Gasteiger partial charge >= 0.3 is 0 Å². The molecule has 1 atom stereocenters. The monoisotopic (exact) mass is 405 g/mol. The van der Waals surface area contributed by atoms with Crippen LogP contribution in [-0.2, 0) is 16.6 Å². The van der Waals surface area contributed by atoms with E-state index in [1.807, 2.05) is 0 Å². The van der Waals surface area contributed by atoms with Gasteiger partial charge in [-0.25, -0.2) is 4.39 Å². The van der Waals surface area contributed by atoms with Gasteiger partial charge in [-0.05, 0) is 52.3 Å². The fraction of sp³-hybridized carbons (Fsp3) is 0.0769. The van der Waals surface area contributed by atoms with Gasteiger partial charge in [0.05, 0.1) is 21.4 Å². The molecule has 0 spiro atoms. The van der Waals surface area contributed by atoms with Crippen LogP contribution in [0.1, 0.15) is 5.56 Å². The minimum absolute atomic E-state index is 0.119. The largest absolute Gasteiger partial charge is 0.399 e. The van der Waals surface area contributed by atoms with Crippen LogP contribution in [0.3, 0.4) is 0 Å². The molecule has 0 aromatic heterocycles. The Morgan fingerprint density at radius 3 is 2.58 bits per heavy atom. The van der Waals surface area contributed by atoms with Gasteiger partial charge in [0.1, 0.15) is 5.82 Å². The summed E-state index contributed by atoms with van der Waals surface area (Å²) in [6.07, 6.45) is 0. The zero-order valence-corrected chi connectivity index (χ0v) is 13.7. The van der Waals surface area contributed by atoms with Crippen molar-refractivity contribution >= 4 is 48.3 Å². The zero-order valence-electron chi connectivity index (χ0n) is 9.70. The molecule has 0 saturated carbocycles. The van der Waals surface area contributed by atoms with Gasteiger partial charge in [0, 0.05) is 20.2 Å². The summed E-state index contributed by atoms with van der Waals surface area (Å²) in [5.74, 6) is -0.239. The van der Waals surface area contributed by atoms with Crippen LogP contribution in [0.25, 0.3) is 0 Å².